The van der Waals surface area contributed by atoms with Crippen molar-refractivity contribution < 1.29 is 15.0 Å². The molecular formula is C26H19ClN4O3. The highest BCUT2D eigenvalue weighted by Crippen LogP contribution is 2.31. The molecule has 168 valence electrons. The minimum atomic E-state index is -0.396. The first-order chi connectivity index (χ1) is 16.5. The number of amides is 1. The number of aromatic nitrogens is 3. The lowest BCUT2D eigenvalue weighted by Crippen LogP contribution is -2.30. The predicted octanol–water partition coefficient (Wildman–Crippen LogP) is 5.54. The lowest BCUT2D eigenvalue weighted by Gasteiger charge is -2.24. The summed E-state index contributed by atoms with van der Waals surface area (Å²) in [6, 6.07) is 22.8. The van der Waals surface area contributed by atoms with E-state index in [2.05, 4.69) is 15.0 Å². The molecule has 7 nitrogen and oxygen atoms in total. The molecular weight excluding hydrogens is 452 g/mol. The van der Waals surface area contributed by atoms with Crippen molar-refractivity contribution in [2.75, 3.05) is 4.90 Å². The van der Waals surface area contributed by atoms with E-state index in [1.54, 1.807) is 11.1 Å². The van der Waals surface area contributed by atoms with Crippen LogP contribution in [-0.4, -0.2) is 31.1 Å². The second kappa shape index (κ2) is 8.88. The second-order valence-corrected chi connectivity index (χ2v) is 8.04. The Morgan fingerprint density at radius 1 is 0.941 bits per heavy atom. The van der Waals surface area contributed by atoms with E-state index in [9.17, 15) is 15.0 Å². The summed E-state index contributed by atoms with van der Waals surface area (Å²) < 4.78 is 0. The molecule has 0 radical (unpaired) electrons. The van der Waals surface area contributed by atoms with Crippen molar-refractivity contribution in [1.29, 1.82) is 0 Å². The molecule has 1 amide bonds. The van der Waals surface area contributed by atoms with Gasteiger partial charge in [0, 0.05) is 28.9 Å². The summed E-state index contributed by atoms with van der Waals surface area (Å²) >= 11 is 6.10. The van der Waals surface area contributed by atoms with Gasteiger partial charge >= 0.3 is 0 Å². The fourth-order valence-electron chi connectivity index (χ4n) is 3.83. The van der Waals surface area contributed by atoms with E-state index in [1.807, 2.05) is 60.7 Å². The van der Waals surface area contributed by atoms with Crippen LogP contribution in [0, 0.1) is 0 Å². The molecule has 0 saturated heterocycles. The zero-order valence-electron chi connectivity index (χ0n) is 17.8. The van der Waals surface area contributed by atoms with Crippen molar-refractivity contribution in [1.82, 2.24) is 15.0 Å². The van der Waals surface area contributed by atoms with Crippen molar-refractivity contribution in [3.05, 3.63) is 101 Å². The number of aromatic amines is 1. The number of carbonyl (C=O) groups is 1. The smallest absolute Gasteiger partial charge is 0.262 e. The number of phenols is 2. The SMILES string of the molecule is O=C(c1ccc(O)cc1O)N(Cc1ccccc1)c1ccc(-c2nc(Cl)nc3[nH]ccc23)cc1. The lowest BCUT2D eigenvalue weighted by atomic mass is 10.1. The largest absolute Gasteiger partial charge is 0.508 e. The number of fused-ring (bicyclic) bond motifs is 1. The molecule has 0 aliphatic heterocycles. The molecule has 0 aliphatic carbocycles. The molecule has 0 spiro atoms. The van der Waals surface area contributed by atoms with Crippen LogP contribution in [0.4, 0.5) is 5.69 Å². The summed E-state index contributed by atoms with van der Waals surface area (Å²) in [4.78, 5) is 26.7. The van der Waals surface area contributed by atoms with Crippen LogP contribution >= 0.6 is 11.6 Å². The van der Waals surface area contributed by atoms with Gasteiger partial charge in [-0.15, -0.1) is 0 Å². The van der Waals surface area contributed by atoms with Crippen molar-refractivity contribution in [2.24, 2.45) is 0 Å². The van der Waals surface area contributed by atoms with E-state index in [1.165, 1.54) is 12.1 Å². The van der Waals surface area contributed by atoms with Gasteiger partial charge in [0.05, 0.1) is 17.8 Å². The minimum absolute atomic E-state index is 0.0921. The molecule has 0 aliphatic rings. The average molecular weight is 471 g/mol. The number of nitrogens with zero attached hydrogens (tertiary/aromatic N) is 3. The third-order valence-corrected chi connectivity index (χ3v) is 5.65. The number of benzene rings is 3. The Bertz CT molecular complexity index is 1480. The fourth-order valence-corrected chi connectivity index (χ4v) is 3.99. The summed E-state index contributed by atoms with van der Waals surface area (Å²) in [5, 5.41) is 20.9. The van der Waals surface area contributed by atoms with Gasteiger partial charge in [-0.3, -0.25) is 4.79 Å². The zero-order chi connectivity index (χ0) is 23.7. The zero-order valence-corrected chi connectivity index (χ0v) is 18.6. The van der Waals surface area contributed by atoms with Gasteiger partial charge in [-0.2, -0.15) is 4.98 Å². The first-order valence-electron chi connectivity index (χ1n) is 10.5. The summed E-state index contributed by atoms with van der Waals surface area (Å²) in [7, 11) is 0. The highest BCUT2D eigenvalue weighted by molar-refractivity contribution is 6.28. The van der Waals surface area contributed by atoms with Crippen molar-refractivity contribution in [3.63, 3.8) is 0 Å². The summed E-state index contributed by atoms with van der Waals surface area (Å²) in [6.07, 6.45) is 1.78. The van der Waals surface area contributed by atoms with Gasteiger partial charge in [0.2, 0.25) is 5.28 Å². The van der Waals surface area contributed by atoms with Crippen molar-refractivity contribution in [2.45, 2.75) is 6.54 Å². The maximum Gasteiger partial charge on any atom is 0.262 e. The molecule has 5 aromatic rings. The molecule has 0 atom stereocenters. The van der Waals surface area contributed by atoms with Gasteiger partial charge < -0.3 is 20.1 Å². The maximum absolute atomic E-state index is 13.5. The molecule has 0 bridgehead atoms. The third kappa shape index (κ3) is 4.16. The van der Waals surface area contributed by atoms with Crippen LogP contribution in [0.25, 0.3) is 22.3 Å². The monoisotopic (exact) mass is 470 g/mol. The van der Waals surface area contributed by atoms with E-state index in [-0.39, 0.29) is 22.3 Å². The second-order valence-electron chi connectivity index (χ2n) is 7.71. The van der Waals surface area contributed by atoms with Crippen LogP contribution in [0.5, 0.6) is 11.5 Å². The first kappa shape index (κ1) is 21.5. The molecule has 3 N–H and O–H groups in total. The van der Waals surface area contributed by atoms with Gasteiger partial charge in [0.15, 0.2) is 0 Å². The lowest BCUT2D eigenvalue weighted by molar-refractivity contribution is 0.0982. The molecule has 0 fully saturated rings. The standard InChI is InChI=1S/C26H19ClN4O3/c27-26-29-23(21-12-13-28-24(21)30-26)17-6-8-18(9-7-17)31(15-16-4-2-1-3-5-16)25(34)20-11-10-19(32)14-22(20)33/h1-14,32-33H,15H2,(H,28,29,30). The number of carbonyl (C=O) groups excluding carboxylic acids is 1. The summed E-state index contributed by atoms with van der Waals surface area (Å²) in [5.74, 6) is -0.801. The molecule has 2 heterocycles. The Kier molecular flexibility index (Phi) is 5.61. The van der Waals surface area contributed by atoms with Crippen LogP contribution in [0.2, 0.25) is 5.28 Å². The van der Waals surface area contributed by atoms with Crippen LogP contribution in [0.3, 0.4) is 0 Å². The maximum atomic E-state index is 13.5. The van der Waals surface area contributed by atoms with Gasteiger partial charge in [-0.1, -0.05) is 42.5 Å². The Labute approximate surface area is 199 Å². The fraction of sp³-hybridized carbons (Fsp3) is 0.0385. The highest BCUT2D eigenvalue weighted by atomic mass is 35.5. The molecule has 5 rings (SSSR count). The van der Waals surface area contributed by atoms with E-state index in [4.69, 9.17) is 11.6 Å². The van der Waals surface area contributed by atoms with Gasteiger partial charge in [0.25, 0.3) is 5.91 Å². The topological polar surface area (TPSA) is 102 Å². The van der Waals surface area contributed by atoms with Crippen molar-refractivity contribution >= 4 is 34.2 Å². The van der Waals surface area contributed by atoms with Crippen LogP contribution in [0.1, 0.15) is 15.9 Å². The van der Waals surface area contributed by atoms with E-state index in [0.717, 1.165) is 22.6 Å². The number of aromatic hydroxyl groups is 2. The molecule has 0 saturated carbocycles. The first-order valence-corrected chi connectivity index (χ1v) is 10.9. The number of nitrogens with one attached hydrogen (secondary N) is 1. The normalized spacial score (nSPS) is 11.0. The van der Waals surface area contributed by atoms with E-state index in [0.29, 0.717) is 23.6 Å². The van der Waals surface area contributed by atoms with Crippen LogP contribution < -0.4 is 4.90 Å². The van der Waals surface area contributed by atoms with Crippen LogP contribution in [-0.2, 0) is 6.54 Å². The highest BCUT2D eigenvalue weighted by Gasteiger charge is 2.22. The molecule has 8 heteroatoms. The van der Waals surface area contributed by atoms with E-state index >= 15 is 0 Å². The summed E-state index contributed by atoms with van der Waals surface area (Å²) in [5.41, 5.74) is 3.79. The van der Waals surface area contributed by atoms with Gasteiger partial charge in [-0.05, 0) is 47.5 Å². The number of phenolic OH excluding ortho intramolecular Hbond substituents is 2. The Morgan fingerprint density at radius 3 is 2.44 bits per heavy atom. The predicted molar refractivity (Wildman–Crippen MR) is 131 cm³/mol. The quantitative estimate of drug-likeness (QED) is 0.293. The Balaban J connectivity index is 1.54. The summed E-state index contributed by atoms with van der Waals surface area (Å²) in [6.45, 7) is 0.292. The van der Waals surface area contributed by atoms with Crippen molar-refractivity contribution in [3.8, 4) is 22.8 Å². The minimum Gasteiger partial charge on any atom is -0.508 e. The Morgan fingerprint density at radius 2 is 1.71 bits per heavy atom. The third-order valence-electron chi connectivity index (χ3n) is 5.48. The van der Waals surface area contributed by atoms with Gasteiger partial charge in [0.1, 0.15) is 17.1 Å². The molecule has 3 aromatic carbocycles. The van der Waals surface area contributed by atoms with Crippen LogP contribution in [0.15, 0.2) is 85.1 Å². The number of hydrogen-bond acceptors (Lipinski definition) is 5. The van der Waals surface area contributed by atoms with Gasteiger partial charge in [-0.25, -0.2) is 4.98 Å². The molecule has 2 aromatic heterocycles. The van der Waals surface area contributed by atoms with E-state index < -0.39 is 5.91 Å². The number of rotatable bonds is 5. The average Bonchev–Trinajstić information content (AvgIpc) is 3.31. The molecule has 0 unspecified atom stereocenters. The number of H-pyrrole nitrogens is 1. The Hall–Kier alpha value is -4.36. The number of halogens is 1. The molecule has 34 heavy (non-hydrogen) atoms. The number of hydrogen-bond donors (Lipinski definition) is 3. The number of anilines is 1.